The van der Waals surface area contributed by atoms with Crippen LogP contribution in [0.1, 0.15) is 27.6 Å². The Morgan fingerprint density at radius 1 is 1.15 bits per heavy atom. The Bertz CT molecular complexity index is 327. The molecule has 0 heterocycles. The van der Waals surface area contributed by atoms with Crippen molar-refractivity contribution in [3.63, 3.8) is 0 Å². The van der Waals surface area contributed by atoms with Crippen LogP contribution in [0, 0.1) is 0 Å². The lowest BCUT2D eigenvalue weighted by atomic mass is 10.1. The van der Waals surface area contributed by atoms with E-state index in [0.717, 1.165) is 0 Å². The van der Waals surface area contributed by atoms with Crippen LogP contribution in [0.5, 0.6) is 0 Å². The van der Waals surface area contributed by atoms with E-state index < -0.39 is 0 Å². The van der Waals surface area contributed by atoms with Gasteiger partial charge in [-0.15, -0.1) is 0 Å². The number of hydrogen-bond donors (Lipinski definition) is 0. The predicted octanol–water partition coefficient (Wildman–Crippen LogP) is 2.47. The van der Waals surface area contributed by atoms with E-state index >= 15 is 0 Å². The molecular formula is C10H9BrO2. The highest BCUT2D eigenvalue weighted by molar-refractivity contribution is 9.09. The van der Waals surface area contributed by atoms with Crippen molar-refractivity contribution in [1.82, 2.24) is 0 Å². The van der Waals surface area contributed by atoms with E-state index in [1.807, 2.05) is 0 Å². The lowest BCUT2D eigenvalue weighted by Gasteiger charge is -1.98. The maximum absolute atomic E-state index is 11.2. The lowest BCUT2D eigenvalue weighted by Crippen LogP contribution is -2.00. The van der Waals surface area contributed by atoms with Crippen LogP contribution in [-0.4, -0.2) is 16.9 Å². The molecule has 0 atom stereocenters. The van der Waals surface area contributed by atoms with E-state index in [1.165, 1.54) is 6.92 Å². The molecule has 68 valence electrons. The van der Waals surface area contributed by atoms with E-state index in [9.17, 15) is 9.59 Å². The molecule has 0 radical (unpaired) electrons. The molecule has 0 aliphatic carbocycles. The average molecular weight is 241 g/mol. The molecule has 0 aromatic heterocycles. The number of benzene rings is 1. The van der Waals surface area contributed by atoms with Gasteiger partial charge in [0.25, 0.3) is 0 Å². The van der Waals surface area contributed by atoms with Crippen LogP contribution in [0.2, 0.25) is 0 Å². The average Bonchev–Trinajstić information content (AvgIpc) is 2.17. The second-order valence-corrected chi connectivity index (χ2v) is 3.25. The van der Waals surface area contributed by atoms with Gasteiger partial charge in [-0.05, 0) is 6.92 Å². The third-order valence-corrected chi connectivity index (χ3v) is 2.24. The summed E-state index contributed by atoms with van der Waals surface area (Å²) < 4.78 is 0. The Labute approximate surface area is 85.1 Å². The van der Waals surface area contributed by atoms with Gasteiger partial charge < -0.3 is 0 Å². The minimum Gasteiger partial charge on any atom is -0.295 e. The van der Waals surface area contributed by atoms with Gasteiger partial charge >= 0.3 is 0 Å². The topological polar surface area (TPSA) is 34.1 Å². The summed E-state index contributed by atoms with van der Waals surface area (Å²) in [4.78, 5) is 22.1. The standard InChI is InChI=1S/C10H9BrO2/c1-7(12)8-2-4-9(5-3-8)10(13)6-11/h2-5H,6H2,1H3. The summed E-state index contributed by atoms with van der Waals surface area (Å²) in [6.07, 6.45) is 0. The van der Waals surface area contributed by atoms with Gasteiger partial charge in [-0.25, -0.2) is 0 Å². The number of alkyl halides is 1. The van der Waals surface area contributed by atoms with Gasteiger partial charge in [0.05, 0.1) is 5.33 Å². The van der Waals surface area contributed by atoms with Gasteiger partial charge in [-0.1, -0.05) is 40.2 Å². The van der Waals surface area contributed by atoms with Crippen LogP contribution in [0.4, 0.5) is 0 Å². The molecule has 1 aromatic carbocycles. The first-order valence-electron chi connectivity index (χ1n) is 3.85. The first kappa shape index (κ1) is 10.1. The molecule has 0 aliphatic heterocycles. The molecule has 0 unspecified atom stereocenters. The van der Waals surface area contributed by atoms with Crippen LogP contribution in [0.25, 0.3) is 0 Å². The summed E-state index contributed by atoms with van der Waals surface area (Å²) in [6, 6.07) is 6.66. The number of halogens is 1. The lowest BCUT2D eigenvalue weighted by molar-refractivity contribution is 0.100. The van der Waals surface area contributed by atoms with Crippen LogP contribution >= 0.6 is 15.9 Å². The van der Waals surface area contributed by atoms with E-state index in [1.54, 1.807) is 24.3 Å². The molecule has 0 saturated heterocycles. The van der Waals surface area contributed by atoms with Gasteiger partial charge in [0.2, 0.25) is 0 Å². The number of hydrogen-bond acceptors (Lipinski definition) is 2. The number of rotatable bonds is 3. The summed E-state index contributed by atoms with van der Waals surface area (Å²) in [5, 5.41) is 0.312. The summed E-state index contributed by atoms with van der Waals surface area (Å²) in [5.41, 5.74) is 1.26. The molecule has 0 saturated carbocycles. The fraction of sp³-hybridized carbons (Fsp3) is 0.200. The summed E-state index contributed by atoms with van der Waals surface area (Å²) >= 11 is 3.08. The maximum atomic E-state index is 11.2. The largest absolute Gasteiger partial charge is 0.295 e. The Hall–Kier alpha value is -0.960. The summed E-state index contributed by atoms with van der Waals surface area (Å²) in [6.45, 7) is 1.50. The zero-order valence-electron chi connectivity index (χ0n) is 7.21. The number of carbonyl (C=O) groups is 2. The zero-order valence-corrected chi connectivity index (χ0v) is 8.80. The highest BCUT2D eigenvalue weighted by atomic mass is 79.9. The fourth-order valence-electron chi connectivity index (χ4n) is 0.968. The first-order valence-corrected chi connectivity index (χ1v) is 4.97. The van der Waals surface area contributed by atoms with Crippen molar-refractivity contribution in [3.8, 4) is 0 Å². The van der Waals surface area contributed by atoms with Gasteiger partial charge in [-0.3, -0.25) is 9.59 Å². The fourth-order valence-corrected chi connectivity index (χ4v) is 1.29. The first-order chi connectivity index (χ1) is 6.15. The Kier molecular flexibility index (Phi) is 3.37. The second kappa shape index (κ2) is 4.33. The Morgan fingerprint density at radius 2 is 1.62 bits per heavy atom. The molecule has 1 rings (SSSR count). The molecule has 1 aromatic rings. The van der Waals surface area contributed by atoms with E-state index in [2.05, 4.69) is 15.9 Å². The van der Waals surface area contributed by atoms with Crippen molar-refractivity contribution in [2.24, 2.45) is 0 Å². The smallest absolute Gasteiger partial charge is 0.173 e. The predicted molar refractivity (Wildman–Crippen MR) is 54.6 cm³/mol. The third kappa shape index (κ3) is 2.49. The van der Waals surface area contributed by atoms with Gasteiger partial charge in [0.1, 0.15) is 0 Å². The van der Waals surface area contributed by atoms with E-state index in [-0.39, 0.29) is 11.6 Å². The van der Waals surface area contributed by atoms with Gasteiger partial charge in [-0.2, -0.15) is 0 Å². The monoisotopic (exact) mass is 240 g/mol. The molecule has 0 aliphatic rings. The minimum atomic E-state index is 0.0119. The summed E-state index contributed by atoms with van der Waals surface area (Å²) in [7, 11) is 0. The molecule has 2 nitrogen and oxygen atoms in total. The molecule has 0 bridgehead atoms. The van der Waals surface area contributed by atoms with Crippen LogP contribution in [-0.2, 0) is 0 Å². The number of carbonyl (C=O) groups excluding carboxylic acids is 2. The van der Waals surface area contributed by atoms with Crippen molar-refractivity contribution in [2.45, 2.75) is 6.92 Å². The van der Waals surface area contributed by atoms with E-state index in [4.69, 9.17) is 0 Å². The zero-order chi connectivity index (χ0) is 9.84. The maximum Gasteiger partial charge on any atom is 0.173 e. The molecule has 0 N–H and O–H groups in total. The highest BCUT2D eigenvalue weighted by Gasteiger charge is 2.04. The molecular weight excluding hydrogens is 232 g/mol. The van der Waals surface area contributed by atoms with Crippen molar-refractivity contribution in [3.05, 3.63) is 35.4 Å². The molecule has 13 heavy (non-hydrogen) atoms. The third-order valence-electron chi connectivity index (χ3n) is 1.73. The number of ketones is 2. The van der Waals surface area contributed by atoms with Gasteiger partial charge in [0.15, 0.2) is 11.6 Å². The molecule has 0 fully saturated rings. The SMILES string of the molecule is CC(=O)c1ccc(C(=O)CBr)cc1. The minimum absolute atomic E-state index is 0.0119. The quantitative estimate of drug-likeness (QED) is 0.601. The van der Waals surface area contributed by atoms with Crippen molar-refractivity contribution in [1.29, 1.82) is 0 Å². The second-order valence-electron chi connectivity index (χ2n) is 2.69. The molecule has 0 amide bonds. The van der Waals surface area contributed by atoms with Crippen LogP contribution in [0.15, 0.2) is 24.3 Å². The molecule has 0 spiro atoms. The van der Waals surface area contributed by atoms with Crippen LogP contribution in [0.3, 0.4) is 0 Å². The van der Waals surface area contributed by atoms with Crippen LogP contribution < -0.4 is 0 Å². The van der Waals surface area contributed by atoms with Gasteiger partial charge in [0, 0.05) is 11.1 Å². The van der Waals surface area contributed by atoms with Crippen molar-refractivity contribution in [2.75, 3.05) is 5.33 Å². The Morgan fingerprint density at radius 3 is 2.00 bits per heavy atom. The normalized spacial score (nSPS) is 9.69. The summed E-state index contributed by atoms with van der Waals surface area (Å²) in [5.74, 6) is 0.0351. The van der Waals surface area contributed by atoms with Crippen molar-refractivity contribution < 1.29 is 9.59 Å². The number of Topliss-reactive ketones (excluding diaryl/α,β-unsaturated/α-hetero) is 2. The Balaban J connectivity index is 2.93. The highest BCUT2D eigenvalue weighted by Crippen LogP contribution is 2.06. The van der Waals surface area contributed by atoms with Crippen molar-refractivity contribution >= 4 is 27.5 Å². The molecule has 3 heteroatoms. The van der Waals surface area contributed by atoms with E-state index in [0.29, 0.717) is 16.5 Å².